The molecule has 2 heterocycles. The largest absolute Gasteiger partial charge is 0.391 e. The van der Waals surface area contributed by atoms with E-state index in [1.165, 1.54) is 25.9 Å². The highest BCUT2D eigenvalue weighted by molar-refractivity contribution is 5.80. The second kappa shape index (κ2) is 7.64. The van der Waals surface area contributed by atoms with Crippen LogP contribution in [0.2, 0.25) is 0 Å². The van der Waals surface area contributed by atoms with Crippen molar-refractivity contribution in [1.82, 2.24) is 15.1 Å². The summed E-state index contributed by atoms with van der Waals surface area (Å²) in [7, 11) is 0. The Hall–Kier alpha value is -0.810. The van der Waals surface area contributed by atoms with E-state index >= 15 is 0 Å². The summed E-state index contributed by atoms with van der Waals surface area (Å²) in [6, 6.07) is 0. The number of β-amino-alcohol motifs (C(OH)–C–C–N with tert-alkyl or cyclic N) is 1. The molecule has 0 bridgehead atoms. The maximum absolute atomic E-state index is 9.75. The number of rotatable bonds is 4. The van der Waals surface area contributed by atoms with E-state index in [0.29, 0.717) is 6.54 Å². The third kappa shape index (κ3) is 4.59. The van der Waals surface area contributed by atoms with Crippen LogP contribution in [0, 0.1) is 5.92 Å². The Morgan fingerprint density at radius 3 is 2.64 bits per heavy atom. The minimum atomic E-state index is -0.209. The summed E-state index contributed by atoms with van der Waals surface area (Å²) in [4.78, 5) is 9.65. The molecule has 1 unspecified atom stereocenters. The van der Waals surface area contributed by atoms with Crippen molar-refractivity contribution in [3.8, 4) is 0 Å². The molecule has 0 aromatic carbocycles. The predicted octanol–water partition coefficient (Wildman–Crippen LogP) is 1.53. The molecule has 0 radical (unpaired) electrons. The molecule has 2 fully saturated rings. The second-order valence-electron chi connectivity index (χ2n) is 7.56. The van der Waals surface area contributed by atoms with Crippen molar-refractivity contribution < 1.29 is 5.11 Å². The average molecular weight is 310 g/mol. The van der Waals surface area contributed by atoms with Gasteiger partial charge in [-0.2, -0.15) is 0 Å². The van der Waals surface area contributed by atoms with Crippen LogP contribution in [-0.2, 0) is 0 Å². The zero-order valence-electron chi connectivity index (χ0n) is 14.8. The number of aliphatic hydroxyl groups is 1. The first-order valence-electron chi connectivity index (χ1n) is 8.88. The lowest BCUT2D eigenvalue weighted by molar-refractivity contribution is 0.0773. The number of likely N-dealkylation sites (tertiary alicyclic amines) is 2. The van der Waals surface area contributed by atoms with E-state index in [0.717, 1.165) is 37.9 Å². The number of aliphatic hydroxyl groups excluding tert-OH is 1. The first-order valence-corrected chi connectivity index (χ1v) is 8.88. The van der Waals surface area contributed by atoms with Gasteiger partial charge in [0.15, 0.2) is 5.96 Å². The van der Waals surface area contributed by atoms with Crippen LogP contribution in [0.5, 0.6) is 0 Å². The number of nitrogens with zero attached hydrogens (tertiary/aromatic N) is 3. The van der Waals surface area contributed by atoms with Gasteiger partial charge in [-0.1, -0.05) is 6.92 Å². The summed E-state index contributed by atoms with van der Waals surface area (Å²) in [6.07, 6.45) is 3.29. The fourth-order valence-corrected chi connectivity index (χ4v) is 3.47. The van der Waals surface area contributed by atoms with Crippen LogP contribution in [0.1, 0.15) is 47.0 Å². The van der Waals surface area contributed by atoms with Gasteiger partial charge in [0.05, 0.1) is 12.6 Å². The van der Waals surface area contributed by atoms with Crippen LogP contribution in [0.25, 0.3) is 0 Å². The number of hydrogen-bond acceptors (Lipinski definition) is 3. The normalized spacial score (nSPS) is 28.2. The SMILES string of the molecule is CCNC(=NCC(C)(C)N1CCCC(C)C1)N1CC[C@@H](O)C1. The van der Waals surface area contributed by atoms with Crippen molar-refractivity contribution >= 4 is 5.96 Å². The molecule has 2 saturated heterocycles. The summed E-state index contributed by atoms with van der Waals surface area (Å²) >= 11 is 0. The lowest BCUT2D eigenvalue weighted by Gasteiger charge is -2.42. The number of nitrogens with one attached hydrogen (secondary N) is 1. The number of piperidine rings is 1. The van der Waals surface area contributed by atoms with Crippen LogP contribution in [0.15, 0.2) is 4.99 Å². The third-order valence-corrected chi connectivity index (χ3v) is 4.93. The number of hydrogen-bond donors (Lipinski definition) is 2. The Balaban J connectivity index is 1.98. The van der Waals surface area contributed by atoms with Gasteiger partial charge in [0.2, 0.25) is 0 Å². The molecule has 0 aromatic rings. The molecule has 0 spiro atoms. The molecular weight excluding hydrogens is 276 g/mol. The molecule has 22 heavy (non-hydrogen) atoms. The van der Waals surface area contributed by atoms with E-state index in [-0.39, 0.29) is 11.6 Å². The minimum absolute atomic E-state index is 0.0910. The van der Waals surface area contributed by atoms with Crippen molar-refractivity contribution in [2.45, 2.75) is 58.6 Å². The Morgan fingerprint density at radius 2 is 2.05 bits per heavy atom. The summed E-state index contributed by atoms with van der Waals surface area (Å²) in [5.74, 6) is 1.75. The van der Waals surface area contributed by atoms with Crippen molar-refractivity contribution in [2.75, 3.05) is 39.3 Å². The molecule has 5 nitrogen and oxygen atoms in total. The van der Waals surface area contributed by atoms with Crippen LogP contribution < -0.4 is 5.32 Å². The van der Waals surface area contributed by atoms with Crippen LogP contribution in [0.4, 0.5) is 0 Å². The standard InChI is InChI=1S/C17H34N4O/c1-5-18-16(20-10-8-15(22)12-20)19-13-17(3,4)21-9-6-7-14(2)11-21/h14-15,22H,5-13H2,1-4H3,(H,18,19)/t14?,15-/m1/s1. The minimum Gasteiger partial charge on any atom is -0.391 e. The van der Waals surface area contributed by atoms with Crippen molar-refractivity contribution in [2.24, 2.45) is 10.9 Å². The van der Waals surface area contributed by atoms with Gasteiger partial charge in [0, 0.05) is 31.7 Å². The first kappa shape index (κ1) is 17.5. The molecule has 2 N–H and O–H groups in total. The Morgan fingerprint density at radius 1 is 1.27 bits per heavy atom. The molecule has 0 saturated carbocycles. The van der Waals surface area contributed by atoms with Gasteiger partial charge in [0.25, 0.3) is 0 Å². The molecule has 2 aliphatic heterocycles. The first-order chi connectivity index (χ1) is 10.4. The third-order valence-electron chi connectivity index (χ3n) is 4.93. The van der Waals surface area contributed by atoms with Gasteiger partial charge in [-0.15, -0.1) is 0 Å². The van der Waals surface area contributed by atoms with E-state index in [4.69, 9.17) is 4.99 Å². The zero-order valence-corrected chi connectivity index (χ0v) is 14.8. The fourth-order valence-electron chi connectivity index (χ4n) is 3.47. The molecule has 128 valence electrons. The number of aliphatic imine (C=N–C) groups is 1. The maximum atomic E-state index is 9.75. The fraction of sp³-hybridized carbons (Fsp3) is 0.941. The van der Waals surface area contributed by atoms with Crippen molar-refractivity contribution in [3.63, 3.8) is 0 Å². The smallest absolute Gasteiger partial charge is 0.194 e. The quantitative estimate of drug-likeness (QED) is 0.611. The van der Waals surface area contributed by atoms with Gasteiger partial charge in [0.1, 0.15) is 0 Å². The lowest BCUT2D eigenvalue weighted by atomic mass is 9.94. The summed E-state index contributed by atoms with van der Waals surface area (Å²) in [6.45, 7) is 14.7. The topological polar surface area (TPSA) is 51.1 Å². The second-order valence-corrected chi connectivity index (χ2v) is 7.56. The molecule has 2 aliphatic rings. The highest BCUT2D eigenvalue weighted by Crippen LogP contribution is 2.24. The van der Waals surface area contributed by atoms with Crippen LogP contribution in [0.3, 0.4) is 0 Å². The molecule has 0 aromatic heterocycles. The van der Waals surface area contributed by atoms with Crippen LogP contribution >= 0.6 is 0 Å². The molecule has 0 aliphatic carbocycles. The summed E-state index contributed by atoms with van der Waals surface area (Å²) in [5, 5.41) is 13.1. The average Bonchev–Trinajstić information content (AvgIpc) is 2.90. The van der Waals surface area contributed by atoms with E-state index in [2.05, 4.69) is 42.8 Å². The molecule has 0 amide bonds. The monoisotopic (exact) mass is 310 g/mol. The van der Waals surface area contributed by atoms with E-state index < -0.39 is 0 Å². The van der Waals surface area contributed by atoms with Crippen molar-refractivity contribution in [3.05, 3.63) is 0 Å². The highest BCUT2D eigenvalue weighted by atomic mass is 16.3. The predicted molar refractivity (Wildman–Crippen MR) is 92.2 cm³/mol. The molecule has 2 atom stereocenters. The summed E-state index contributed by atoms with van der Waals surface area (Å²) < 4.78 is 0. The summed E-state index contributed by atoms with van der Waals surface area (Å²) in [5.41, 5.74) is 0.0910. The van der Waals surface area contributed by atoms with Gasteiger partial charge in [-0.05, 0) is 52.5 Å². The van der Waals surface area contributed by atoms with Gasteiger partial charge < -0.3 is 15.3 Å². The molecule has 2 rings (SSSR count). The Labute approximate surface area is 135 Å². The van der Waals surface area contributed by atoms with E-state index in [1.807, 2.05) is 0 Å². The van der Waals surface area contributed by atoms with E-state index in [9.17, 15) is 5.11 Å². The molecule has 5 heteroatoms. The Bertz CT molecular complexity index is 383. The zero-order chi connectivity index (χ0) is 16.2. The van der Waals surface area contributed by atoms with Crippen molar-refractivity contribution in [1.29, 1.82) is 0 Å². The maximum Gasteiger partial charge on any atom is 0.194 e. The Kier molecular flexibility index (Phi) is 6.09. The lowest BCUT2D eigenvalue weighted by Crippen LogP contribution is -2.51. The van der Waals surface area contributed by atoms with Gasteiger partial charge >= 0.3 is 0 Å². The number of guanidine groups is 1. The highest BCUT2D eigenvalue weighted by Gasteiger charge is 2.30. The van der Waals surface area contributed by atoms with Gasteiger partial charge in [-0.3, -0.25) is 9.89 Å². The molecular formula is C17H34N4O. The van der Waals surface area contributed by atoms with Gasteiger partial charge in [-0.25, -0.2) is 0 Å². The van der Waals surface area contributed by atoms with Crippen LogP contribution in [-0.4, -0.2) is 71.8 Å². The van der Waals surface area contributed by atoms with E-state index in [1.54, 1.807) is 0 Å².